The minimum absolute atomic E-state index is 0.186. The predicted molar refractivity (Wildman–Crippen MR) is 73.1 cm³/mol. The average molecular weight is 242 g/mol. The highest BCUT2D eigenvalue weighted by Gasteiger charge is 2.21. The molecule has 2 N–H and O–H groups in total. The molecular formula is C14H30N2O. The van der Waals surface area contributed by atoms with Crippen molar-refractivity contribution in [2.45, 2.75) is 52.6 Å². The van der Waals surface area contributed by atoms with Crippen LogP contribution >= 0.6 is 0 Å². The summed E-state index contributed by atoms with van der Waals surface area (Å²) in [4.78, 5) is 2.55. The van der Waals surface area contributed by atoms with Crippen LogP contribution in [0.1, 0.15) is 40.5 Å². The molecular weight excluding hydrogens is 212 g/mol. The number of likely N-dealkylation sites (tertiary alicyclic amines) is 1. The Morgan fingerprint density at radius 1 is 1.18 bits per heavy atom. The third-order valence-corrected chi connectivity index (χ3v) is 3.90. The van der Waals surface area contributed by atoms with E-state index in [-0.39, 0.29) is 6.04 Å². The third-order valence-electron chi connectivity index (χ3n) is 3.90. The molecule has 102 valence electrons. The molecule has 3 nitrogen and oxygen atoms in total. The molecule has 1 aliphatic heterocycles. The van der Waals surface area contributed by atoms with Gasteiger partial charge in [-0.3, -0.25) is 0 Å². The van der Waals surface area contributed by atoms with Gasteiger partial charge < -0.3 is 15.4 Å². The van der Waals surface area contributed by atoms with E-state index in [0.717, 1.165) is 12.5 Å². The van der Waals surface area contributed by atoms with E-state index in [9.17, 15) is 0 Å². The van der Waals surface area contributed by atoms with Crippen molar-refractivity contribution in [3.63, 3.8) is 0 Å². The minimum atomic E-state index is 0.186. The van der Waals surface area contributed by atoms with Gasteiger partial charge in [0, 0.05) is 18.7 Å². The Balaban J connectivity index is 2.10. The van der Waals surface area contributed by atoms with Crippen LogP contribution in [0.25, 0.3) is 0 Å². The lowest BCUT2D eigenvalue weighted by atomic mass is 9.97. The molecule has 0 aromatic heterocycles. The molecule has 1 unspecified atom stereocenters. The van der Waals surface area contributed by atoms with E-state index in [1.54, 1.807) is 0 Å². The van der Waals surface area contributed by atoms with Gasteiger partial charge in [-0.1, -0.05) is 13.8 Å². The summed E-state index contributed by atoms with van der Waals surface area (Å²) >= 11 is 0. The van der Waals surface area contributed by atoms with E-state index in [2.05, 4.69) is 32.6 Å². The van der Waals surface area contributed by atoms with Gasteiger partial charge in [-0.15, -0.1) is 0 Å². The zero-order valence-corrected chi connectivity index (χ0v) is 12.0. The predicted octanol–water partition coefficient (Wildman–Crippen LogP) is 2.11. The van der Waals surface area contributed by atoms with Gasteiger partial charge in [0.1, 0.15) is 0 Å². The minimum Gasteiger partial charge on any atom is -0.380 e. The first-order valence-corrected chi connectivity index (χ1v) is 7.08. The topological polar surface area (TPSA) is 38.5 Å². The summed E-state index contributed by atoms with van der Waals surface area (Å²) in [6.07, 6.45) is 2.55. The lowest BCUT2D eigenvalue weighted by Crippen LogP contribution is -2.40. The second-order valence-electron chi connectivity index (χ2n) is 6.02. The zero-order chi connectivity index (χ0) is 12.8. The highest BCUT2D eigenvalue weighted by Crippen LogP contribution is 2.19. The number of ether oxygens (including phenoxy) is 1. The second kappa shape index (κ2) is 7.34. The number of nitrogens with two attached hydrogens (primary N) is 1. The smallest absolute Gasteiger partial charge is 0.0620 e. The summed E-state index contributed by atoms with van der Waals surface area (Å²) in [6, 6.07) is 0.872. The van der Waals surface area contributed by atoms with Crippen molar-refractivity contribution in [2.24, 2.45) is 17.6 Å². The van der Waals surface area contributed by atoms with Crippen LogP contribution < -0.4 is 5.73 Å². The molecule has 1 heterocycles. The molecule has 1 saturated heterocycles. The number of nitrogens with zero attached hydrogens (tertiary/aromatic N) is 1. The molecule has 1 rings (SSSR count). The van der Waals surface area contributed by atoms with E-state index in [1.807, 2.05) is 0 Å². The van der Waals surface area contributed by atoms with Gasteiger partial charge in [0.25, 0.3) is 0 Å². The standard InChI is InChI=1S/C14H30N2O/c1-11(2)14(15)10-17-9-13-5-7-16(8-6-13)12(3)4/h11-14H,5-10,15H2,1-4H3. The molecule has 0 bridgehead atoms. The first-order valence-electron chi connectivity index (χ1n) is 7.08. The Kier molecular flexibility index (Phi) is 6.45. The van der Waals surface area contributed by atoms with Crippen molar-refractivity contribution < 1.29 is 4.74 Å². The van der Waals surface area contributed by atoms with Crippen LogP contribution in [0.15, 0.2) is 0 Å². The van der Waals surface area contributed by atoms with Gasteiger partial charge in [0.05, 0.1) is 6.61 Å². The monoisotopic (exact) mass is 242 g/mol. The maximum atomic E-state index is 5.96. The molecule has 0 saturated carbocycles. The molecule has 0 amide bonds. The summed E-state index contributed by atoms with van der Waals surface area (Å²) in [5, 5.41) is 0. The largest absolute Gasteiger partial charge is 0.380 e. The van der Waals surface area contributed by atoms with E-state index >= 15 is 0 Å². The van der Waals surface area contributed by atoms with Crippen molar-refractivity contribution in [3.8, 4) is 0 Å². The lowest BCUT2D eigenvalue weighted by Gasteiger charge is -2.34. The van der Waals surface area contributed by atoms with Crippen molar-refractivity contribution in [3.05, 3.63) is 0 Å². The first-order chi connectivity index (χ1) is 8.00. The SMILES string of the molecule is CC(C)C(N)COCC1CCN(C(C)C)CC1. The molecule has 1 fully saturated rings. The molecule has 17 heavy (non-hydrogen) atoms. The number of hydrogen-bond acceptors (Lipinski definition) is 3. The van der Waals surface area contributed by atoms with E-state index in [1.165, 1.54) is 25.9 Å². The average Bonchev–Trinajstić information content (AvgIpc) is 2.29. The maximum Gasteiger partial charge on any atom is 0.0620 e. The second-order valence-corrected chi connectivity index (χ2v) is 6.02. The number of piperidine rings is 1. The van der Waals surface area contributed by atoms with Crippen LogP contribution in [0.2, 0.25) is 0 Å². The summed E-state index contributed by atoms with van der Waals surface area (Å²) in [6.45, 7) is 12.9. The Labute approximate surface area is 107 Å². The van der Waals surface area contributed by atoms with Crippen LogP contribution in [-0.4, -0.2) is 43.3 Å². The summed E-state index contributed by atoms with van der Waals surface area (Å²) in [7, 11) is 0. The Hall–Kier alpha value is -0.120. The zero-order valence-electron chi connectivity index (χ0n) is 12.0. The highest BCUT2D eigenvalue weighted by molar-refractivity contribution is 4.74. The van der Waals surface area contributed by atoms with Gasteiger partial charge in [0.2, 0.25) is 0 Å². The van der Waals surface area contributed by atoms with Crippen LogP contribution in [0.3, 0.4) is 0 Å². The fraction of sp³-hybridized carbons (Fsp3) is 1.00. The summed E-state index contributed by atoms with van der Waals surface area (Å²) < 4.78 is 5.75. The fourth-order valence-electron chi connectivity index (χ4n) is 2.20. The van der Waals surface area contributed by atoms with Gasteiger partial charge in [-0.25, -0.2) is 0 Å². The third kappa shape index (κ3) is 5.36. The van der Waals surface area contributed by atoms with Crippen LogP contribution in [-0.2, 0) is 4.74 Å². The number of rotatable bonds is 6. The number of hydrogen-bond donors (Lipinski definition) is 1. The molecule has 3 heteroatoms. The summed E-state index contributed by atoms with van der Waals surface area (Å²) in [5.74, 6) is 1.25. The maximum absolute atomic E-state index is 5.96. The highest BCUT2D eigenvalue weighted by atomic mass is 16.5. The molecule has 0 radical (unpaired) electrons. The van der Waals surface area contributed by atoms with Crippen LogP contribution in [0, 0.1) is 11.8 Å². The molecule has 0 aliphatic carbocycles. The van der Waals surface area contributed by atoms with Gasteiger partial charge >= 0.3 is 0 Å². The van der Waals surface area contributed by atoms with Gasteiger partial charge in [-0.2, -0.15) is 0 Å². The van der Waals surface area contributed by atoms with Crippen LogP contribution in [0.4, 0.5) is 0 Å². The molecule has 1 aliphatic rings. The van der Waals surface area contributed by atoms with Crippen LogP contribution in [0.5, 0.6) is 0 Å². The molecule has 0 spiro atoms. The molecule has 0 aromatic carbocycles. The van der Waals surface area contributed by atoms with Gasteiger partial charge in [0.15, 0.2) is 0 Å². The quantitative estimate of drug-likeness (QED) is 0.775. The lowest BCUT2D eigenvalue weighted by molar-refractivity contribution is 0.0485. The van der Waals surface area contributed by atoms with Crippen molar-refractivity contribution in [1.29, 1.82) is 0 Å². The Bertz CT molecular complexity index is 198. The van der Waals surface area contributed by atoms with E-state index < -0.39 is 0 Å². The fourth-order valence-corrected chi connectivity index (χ4v) is 2.20. The first kappa shape index (κ1) is 14.9. The van der Waals surface area contributed by atoms with E-state index in [0.29, 0.717) is 18.6 Å². The summed E-state index contributed by atoms with van der Waals surface area (Å²) in [5.41, 5.74) is 5.96. The van der Waals surface area contributed by atoms with Crippen molar-refractivity contribution in [2.75, 3.05) is 26.3 Å². The normalized spacial score (nSPS) is 21.4. The Morgan fingerprint density at radius 2 is 1.76 bits per heavy atom. The molecule has 1 atom stereocenters. The van der Waals surface area contributed by atoms with E-state index in [4.69, 9.17) is 10.5 Å². The molecule has 0 aromatic rings. The Morgan fingerprint density at radius 3 is 2.24 bits per heavy atom. The van der Waals surface area contributed by atoms with Crippen molar-refractivity contribution in [1.82, 2.24) is 4.90 Å². The van der Waals surface area contributed by atoms with Crippen molar-refractivity contribution >= 4 is 0 Å². The van der Waals surface area contributed by atoms with Gasteiger partial charge in [-0.05, 0) is 51.6 Å².